The van der Waals surface area contributed by atoms with Crippen molar-refractivity contribution in [1.82, 2.24) is 15.1 Å². The van der Waals surface area contributed by atoms with Crippen molar-refractivity contribution in [2.24, 2.45) is 23.7 Å². The highest BCUT2D eigenvalue weighted by Gasteiger charge is 2.72. The lowest BCUT2D eigenvalue weighted by Gasteiger charge is -2.39. The van der Waals surface area contributed by atoms with Gasteiger partial charge in [0.15, 0.2) is 0 Å². The molecule has 3 amide bonds. The molecule has 4 aliphatic heterocycles. The minimum atomic E-state index is -1.15. The van der Waals surface area contributed by atoms with Crippen LogP contribution in [0.4, 0.5) is 5.69 Å². The highest BCUT2D eigenvalue weighted by Crippen LogP contribution is 2.55. The zero-order chi connectivity index (χ0) is 28.9. The van der Waals surface area contributed by atoms with Crippen LogP contribution in [-0.2, 0) is 19.1 Å². The molecular weight excluding hydrogens is 540 g/mol. The number of amides is 3. The van der Waals surface area contributed by atoms with Gasteiger partial charge in [-0.1, -0.05) is 62.9 Å². The first-order chi connectivity index (χ1) is 19.7. The summed E-state index contributed by atoms with van der Waals surface area (Å²) < 4.78 is 6.53. The monoisotopic (exact) mass is 582 g/mol. The third-order valence-electron chi connectivity index (χ3n) is 10.6. The Labute approximate surface area is 248 Å². The Morgan fingerprint density at radius 3 is 2.68 bits per heavy atom. The smallest absolute Gasteiger partial charge is 0.246 e. The molecule has 4 fully saturated rings. The lowest BCUT2D eigenvalue weighted by molar-refractivity contribution is -0.142. The van der Waals surface area contributed by atoms with Crippen molar-refractivity contribution in [3.05, 3.63) is 41.4 Å². The van der Waals surface area contributed by atoms with Crippen LogP contribution in [0.15, 0.2) is 36.4 Å². The van der Waals surface area contributed by atoms with Crippen molar-refractivity contribution >= 4 is 35.0 Å². The Morgan fingerprint density at radius 2 is 1.90 bits per heavy atom. The van der Waals surface area contributed by atoms with E-state index in [0.29, 0.717) is 41.7 Å². The molecule has 8 nitrogen and oxygen atoms in total. The second kappa shape index (κ2) is 11.3. The van der Waals surface area contributed by atoms with Crippen molar-refractivity contribution in [2.75, 3.05) is 25.0 Å². The molecule has 9 unspecified atom stereocenters. The Balaban J connectivity index is 1.28. The number of piperidine rings is 1. The van der Waals surface area contributed by atoms with Gasteiger partial charge in [-0.25, -0.2) is 0 Å². The standard InChI is InChI=1S/C32H43ClN4O4/c1-19-8-6-12-24(21(19)3)35-30(39)28-32-14-13-25(41-32)26(29(38)34-23-11-7-10-22(33)18-23)27(32)31(40)37(28)17-16-36-15-5-4-9-20(36)2/h7,10-11,13-14,18-21,24-28H,4-6,8-9,12,15-17H2,1-3H3,(H,34,38)(H,35,39). The van der Waals surface area contributed by atoms with Gasteiger partial charge >= 0.3 is 0 Å². The number of rotatable bonds is 7. The number of hydrogen-bond donors (Lipinski definition) is 2. The van der Waals surface area contributed by atoms with Gasteiger partial charge < -0.3 is 20.3 Å². The summed E-state index contributed by atoms with van der Waals surface area (Å²) in [5, 5.41) is 6.81. The third-order valence-corrected chi connectivity index (χ3v) is 10.9. The molecule has 222 valence electrons. The summed E-state index contributed by atoms with van der Waals surface area (Å²) in [6, 6.07) is 6.67. The second-order valence-corrected chi connectivity index (χ2v) is 13.4. The first-order valence-corrected chi connectivity index (χ1v) is 15.9. The minimum absolute atomic E-state index is 0.0604. The molecular formula is C32H43ClN4O4. The molecule has 5 aliphatic rings. The third kappa shape index (κ3) is 5.10. The van der Waals surface area contributed by atoms with Crippen molar-refractivity contribution in [2.45, 2.75) is 89.1 Å². The summed E-state index contributed by atoms with van der Waals surface area (Å²) in [5.74, 6) is -1.23. The number of carbonyl (C=O) groups is 3. The van der Waals surface area contributed by atoms with Crippen LogP contribution < -0.4 is 10.6 Å². The largest absolute Gasteiger partial charge is 0.359 e. The van der Waals surface area contributed by atoms with Crippen molar-refractivity contribution in [3.63, 3.8) is 0 Å². The van der Waals surface area contributed by atoms with E-state index in [4.69, 9.17) is 16.3 Å². The van der Waals surface area contributed by atoms with Gasteiger partial charge in [0.25, 0.3) is 0 Å². The molecule has 2 N–H and O–H groups in total. The number of halogens is 1. The van der Waals surface area contributed by atoms with Crippen LogP contribution in [0, 0.1) is 23.7 Å². The number of ether oxygens (including phenoxy) is 1. The topological polar surface area (TPSA) is 91.0 Å². The van der Waals surface area contributed by atoms with Crippen LogP contribution in [0.1, 0.15) is 59.3 Å². The van der Waals surface area contributed by atoms with Crippen molar-refractivity contribution in [3.8, 4) is 0 Å². The summed E-state index contributed by atoms with van der Waals surface area (Å²) >= 11 is 6.15. The van der Waals surface area contributed by atoms with Crippen molar-refractivity contribution < 1.29 is 19.1 Å². The van der Waals surface area contributed by atoms with E-state index in [1.54, 1.807) is 29.2 Å². The average Bonchev–Trinajstić information content (AvgIpc) is 3.58. The normalized spacial score (nSPS) is 38.2. The van der Waals surface area contributed by atoms with Crippen LogP contribution in [0.2, 0.25) is 5.02 Å². The number of anilines is 1. The molecule has 4 heterocycles. The van der Waals surface area contributed by atoms with E-state index in [-0.39, 0.29) is 23.8 Å². The molecule has 1 aromatic carbocycles. The molecule has 9 atom stereocenters. The van der Waals surface area contributed by atoms with Gasteiger partial charge in [0, 0.05) is 35.9 Å². The van der Waals surface area contributed by atoms with E-state index in [1.807, 2.05) is 12.2 Å². The summed E-state index contributed by atoms with van der Waals surface area (Å²) in [5.41, 5.74) is -0.585. The Bertz CT molecular complexity index is 1220. The fourth-order valence-electron chi connectivity index (χ4n) is 8.07. The molecule has 1 saturated carbocycles. The van der Waals surface area contributed by atoms with E-state index in [0.717, 1.165) is 32.2 Å². The summed E-state index contributed by atoms with van der Waals surface area (Å²) in [6.45, 7) is 8.81. The van der Waals surface area contributed by atoms with Gasteiger partial charge in [0.1, 0.15) is 11.6 Å². The predicted octanol–water partition coefficient (Wildman–Crippen LogP) is 4.24. The zero-order valence-electron chi connectivity index (χ0n) is 24.4. The molecule has 1 spiro atoms. The fourth-order valence-corrected chi connectivity index (χ4v) is 8.26. The maximum atomic E-state index is 14.3. The molecule has 1 aromatic rings. The van der Waals surface area contributed by atoms with Crippen LogP contribution in [0.25, 0.3) is 0 Å². The molecule has 0 aromatic heterocycles. The number of benzene rings is 1. The second-order valence-electron chi connectivity index (χ2n) is 13.0. The van der Waals surface area contributed by atoms with Crippen LogP contribution in [0.3, 0.4) is 0 Å². The number of nitrogens with one attached hydrogen (secondary N) is 2. The SMILES string of the molecule is CC1CCCC(NC(=O)C2N(CCN3CCCCC3C)C(=O)C3C(C(=O)Nc4cccc(Cl)c4)C4C=CC32O4)C1C. The van der Waals surface area contributed by atoms with Gasteiger partial charge in [-0.3, -0.25) is 19.3 Å². The number of carbonyl (C=O) groups excluding carboxylic acids is 3. The molecule has 9 heteroatoms. The molecule has 6 rings (SSSR count). The summed E-state index contributed by atoms with van der Waals surface area (Å²) in [4.78, 5) is 46.3. The lowest BCUT2D eigenvalue weighted by Crippen LogP contribution is -2.58. The molecule has 3 saturated heterocycles. The average molecular weight is 583 g/mol. The number of nitrogens with zero attached hydrogens (tertiary/aromatic N) is 2. The number of fused-ring (bicyclic) bond motifs is 1. The fraction of sp³-hybridized carbons (Fsp3) is 0.656. The van der Waals surface area contributed by atoms with E-state index >= 15 is 0 Å². The van der Waals surface area contributed by atoms with Crippen LogP contribution >= 0.6 is 11.6 Å². The van der Waals surface area contributed by atoms with E-state index < -0.39 is 29.6 Å². The van der Waals surface area contributed by atoms with Gasteiger partial charge in [-0.2, -0.15) is 0 Å². The first kappa shape index (κ1) is 28.7. The lowest BCUT2D eigenvalue weighted by atomic mass is 9.73. The maximum absolute atomic E-state index is 14.3. The number of hydrogen-bond acceptors (Lipinski definition) is 5. The summed E-state index contributed by atoms with van der Waals surface area (Å²) in [6.07, 6.45) is 9.89. The minimum Gasteiger partial charge on any atom is -0.359 e. The Kier molecular flexibility index (Phi) is 7.94. The summed E-state index contributed by atoms with van der Waals surface area (Å²) in [7, 11) is 0. The van der Waals surface area contributed by atoms with Crippen LogP contribution in [0.5, 0.6) is 0 Å². The Hall–Kier alpha value is -2.42. The van der Waals surface area contributed by atoms with Gasteiger partial charge in [0.05, 0.1) is 17.9 Å². The Morgan fingerprint density at radius 1 is 1.07 bits per heavy atom. The van der Waals surface area contributed by atoms with Gasteiger partial charge in [0.2, 0.25) is 17.7 Å². The van der Waals surface area contributed by atoms with E-state index in [9.17, 15) is 14.4 Å². The zero-order valence-corrected chi connectivity index (χ0v) is 25.1. The molecule has 1 aliphatic carbocycles. The molecule has 2 bridgehead atoms. The predicted molar refractivity (Wildman–Crippen MR) is 158 cm³/mol. The van der Waals surface area contributed by atoms with Crippen LogP contribution in [-0.4, -0.2) is 77.0 Å². The van der Waals surface area contributed by atoms with Crippen molar-refractivity contribution in [1.29, 1.82) is 0 Å². The van der Waals surface area contributed by atoms with Gasteiger partial charge in [-0.15, -0.1) is 0 Å². The number of likely N-dealkylation sites (tertiary alicyclic amines) is 2. The van der Waals surface area contributed by atoms with E-state index in [2.05, 4.69) is 36.3 Å². The maximum Gasteiger partial charge on any atom is 0.246 e. The highest BCUT2D eigenvalue weighted by molar-refractivity contribution is 6.30. The quantitative estimate of drug-likeness (QED) is 0.469. The highest BCUT2D eigenvalue weighted by atomic mass is 35.5. The van der Waals surface area contributed by atoms with Gasteiger partial charge in [-0.05, 0) is 62.8 Å². The molecule has 0 radical (unpaired) electrons. The molecule has 41 heavy (non-hydrogen) atoms. The first-order valence-electron chi connectivity index (χ1n) is 15.5. The van der Waals surface area contributed by atoms with E-state index in [1.165, 1.54) is 12.8 Å².